The van der Waals surface area contributed by atoms with Crippen molar-refractivity contribution in [3.05, 3.63) is 53.6 Å². The predicted octanol–water partition coefficient (Wildman–Crippen LogP) is 3.54. The van der Waals surface area contributed by atoms with Gasteiger partial charge in [-0.05, 0) is 44.2 Å². The summed E-state index contributed by atoms with van der Waals surface area (Å²) in [5.74, 6) is -2.84. The second kappa shape index (κ2) is 11.9. The minimum atomic E-state index is -3.76. The zero-order valence-corrected chi connectivity index (χ0v) is 20.3. The van der Waals surface area contributed by atoms with Crippen molar-refractivity contribution in [1.82, 2.24) is 9.62 Å². The number of ether oxygens (including phenoxy) is 1. The highest BCUT2D eigenvalue weighted by molar-refractivity contribution is 7.89. The minimum absolute atomic E-state index is 0.00249. The summed E-state index contributed by atoms with van der Waals surface area (Å²) in [4.78, 5) is 24.6. The second-order valence-corrected chi connectivity index (χ2v) is 9.53. The summed E-state index contributed by atoms with van der Waals surface area (Å²) in [5, 5.41) is 5.01. The summed E-state index contributed by atoms with van der Waals surface area (Å²) in [6, 6.07) is 6.79. The maximum atomic E-state index is 13.7. The van der Waals surface area contributed by atoms with E-state index in [1.165, 1.54) is 22.5 Å². The fraction of sp³-hybridized carbons (Fsp3) is 0.391. The van der Waals surface area contributed by atoms with Crippen LogP contribution in [-0.4, -0.2) is 50.3 Å². The number of nitrogens with zero attached hydrogens (tertiary/aromatic N) is 1. The fourth-order valence-electron chi connectivity index (χ4n) is 3.11. The van der Waals surface area contributed by atoms with Crippen molar-refractivity contribution in [2.45, 2.75) is 45.1 Å². The third-order valence-electron chi connectivity index (χ3n) is 4.74. The van der Waals surface area contributed by atoms with Crippen molar-refractivity contribution in [2.24, 2.45) is 0 Å². The van der Waals surface area contributed by atoms with Crippen LogP contribution in [0.15, 0.2) is 41.3 Å². The number of carbonyl (C=O) groups excluding carboxylic acids is 2. The average Bonchev–Trinajstić information content (AvgIpc) is 2.75. The van der Waals surface area contributed by atoms with Gasteiger partial charge in [0, 0.05) is 32.1 Å². The number of hydrogen-bond donors (Lipinski definition) is 2. The number of anilines is 1. The summed E-state index contributed by atoms with van der Waals surface area (Å²) >= 11 is 0. The molecule has 2 aromatic carbocycles. The Hall–Kier alpha value is -3.05. The number of halogens is 2. The lowest BCUT2D eigenvalue weighted by atomic mass is 10.2. The van der Waals surface area contributed by atoms with Gasteiger partial charge in [-0.2, -0.15) is 4.31 Å². The number of hydrogen-bond acceptors (Lipinski definition) is 5. The molecule has 0 spiro atoms. The Morgan fingerprint density at radius 2 is 1.74 bits per heavy atom. The molecule has 0 radical (unpaired) electrons. The lowest BCUT2D eigenvalue weighted by Crippen LogP contribution is -2.31. The van der Waals surface area contributed by atoms with E-state index in [0.29, 0.717) is 24.9 Å². The molecule has 0 bridgehead atoms. The maximum Gasteiger partial charge on any atom is 0.254 e. The van der Waals surface area contributed by atoms with Crippen molar-refractivity contribution in [3.63, 3.8) is 0 Å². The third kappa shape index (κ3) is 6.97. The smallest absolute Gasteiger partial charge is 0.254 e. The lowest BCUT2D eigenvalue weighted by molar-refractivity contribution is -0.116. The normalized spacial score (nSPS) is 11.5. The Balaban J connectivity index is 2.13. The zero-order valence-electron chi connectivity index (χ0n) is 19.5. The second-order valence-electron chi connectivity index (χ2n) is 7.59. The van der Waals surface area contributed by atoms with Gasteiger partial charge >= 0.3 is 0 Å². The van der Waals surface area contributed by atoms with E-state index in [-0.39, 0.29) is 35.2 Å². The van der Waals surface area contributed by atoms with E-state index in [4.69, 9.17) is 4.74 Å². The quantitative estimate of drug-likeness (QED) is 0.494. The molecule has 0 heterocycles. The van der Waals surface area contributed by atoms with Gasteiger partial charge in [-0.25, -0.2) is 17.2 Å². The molecule has 2 N–H and O–H groups in total. The standard InChI is InChI=1S/C23H29F2N3O5S/c1-5-28(6-2)34(31,32)17-8-10-21(33-15(3)4)20(14-17)27-22(29)11-12-26-23(30)18-9-7-16(24)13-19(18)25/h7-10,13-15H,5-6,11-12H2,1-4H3,(H,26,30)(H,27,29). The van der Waals surface area contributed by atoms with E-state index < -0.39 is 33.5 Å². The number of carbonyl (C=O) groups is 2. The Morgan fingerprint density at radius 1 is 1.06 bits per heavy atom. The van der Waals surface area contributed by atoms with Crippen LogP contribution in [0.4, 0.5) is 14.5 Å². The molecule has 0 aliphatic carbocycles. The van der Waals surface area contributed by atoms with Crippen LogP contribution in [0.3, 0.4) is 0 Å². The van der Waals surface area contributed by atoms with Crippen LogP contribution >= 0.6 is 0 Å². The number of benzene rings is 2. The van der Waals surface area contributed by atoms with Gasteiger partial charge in [0.2, 0.25) is 15.9 Å². The highest BCUT2D eigenvalue weighted by Gasteiger charge is 2.23. The minimum Gasteiger partial charge on any atom is -0.489 e. The van der Waals surface area contributed by atoms with Gasteiger partial charge in [0.15, 0.2) is 0 Å². The van der Waals surface area contributed by atoms with Gasteiger partial charge in [0.25, 0.3) is 5.91 Å². The Kier molecular flexibility index (Phi) is 9.51. The van der Waals surface area contributed by atoms with Crippen LogP contribution in [0.1, 0.15) is 44.5 Å². The molecule has 0 aliphatic heterocycles. The summed E-state index contributed by atoms with van der Waals surface area (Å²) < 4.78 is 59.4. The molecule has 2 aromatic rings. The topological polar surface area (TPSA) is 105 Å². The van der Waals surface area contributed by atoms with E-state index >= 15 is 0 Å². The van der Waals surface area contributed by atoms with Crippen LogP contribution < -0.4 is 15.4 Å². The molecule has 8 nitrogen and oxygen atoms in total. The van der Waals surface area contributed by atoms with Crippen molar-refractivity contribution >= 4 is 27.5 Å². The van der Waals surface area contributed by atoms with Crippen molar-refractivity contribution < 1.29 is 31.5 Å². The molecule has 0 saturated heterocycles. The summed E-state index contributed by atoms with van der Waals surface area (Å²) in [7, 11) is -3.76. The first kappa shape index (κ1) is 27.2. The van der Waals surface area contributed by atoms with Crippen LogP contribution in [0.25, 0.3) is 0 Å². The predicted molar refractivity (Wildman–Crippen MR) is 124 cm³/mol. The average molecular weight is 498 g/mol. The van der Waals surface area contributed by atoms with Crippen LogP contribution in [-0.2, 0) is 14.8 Å². The molecule has 2 rings (SSSR count). The lowest BCUT2D eigenvalue weighted by Gasteiger charge is -2.20. The molecule has 186 valence electrons. The Labute approximate surface area is 198 Å². The number of nitrogens with one attached hydrogen (secondary N) is 2. The van der Waals surface area contributed by atoms with E-state index in [9.17, 15) is 26.8 Å². The van der Waals surface area contributed by atoms with E-state index in [1.807, 2.05) is 0 Å². The van der Waals surface area contributed by atoms with Gasteiger partial charge < -0.3 is 15.4 Å². The van der Waals surface area contributed by atoms with E-state index in [1.54, 1.807) is 27.7 Å². The van der Waals surface area contributed by atoms with Gasteiger partial charge in [-0.3, -0.25) is 9.59 Å². The Morgan fingerprint density at radius 3 is 2.32 bits per heavy atom. The molecule has 34 heavy (non-hydrogen) atoms. The van der Waals surface area contributed by atoms with Crippen LogP contribution in [0, 0.1) is 11.6 Å². The first-order valence-electron chi connectivity index (χ1n) is 10.8. The van der Waals surface area contributed by atoms with E-state index in [2.05, 4.69) is 10.6 Å². The summed E-state index contributed by atoms with van der Waals surface area (Å²) in [6.45, 7) is 7.49. The molecule has 0 atom stereocenters. The fourth-order valence-corrected chi connectivity index (χ4v) is 4.59. The number of amides is 2. The van der Waals surface area contributed by atoms with Gasteiger partial charge in [-0.1, -0.05) is 13.8 Å². The molecule has 0 saturated carbocycles. The molecule has 11 heteroatoms. The summed E-state index contributed by atoms with van der Waals surface area (Å²) in [5.41, 5.74) is -0.174. The first-order chi connectivity index (χ1) is 16.0. The number of rotatable bonds is 11. The number of sulfonamides is 1. The molecule has 0 unspecified atom stereocenters. The monoisotopic (exact) mass is 497 g/mol. The van der Waals surface area contributed by atoms with E-state index in [0.717, 1.165) is 12.1 Å². The summed E-state index contributed by atoms with van der Waals surface area (Å²) in [6.07, 6.45) is -0.409. The maximum absolute atomic E-state index is 13.7. The van der Waals surface area contributed by atoms with Gasteiger partial charge in [-0.15, -0.1) is 0 Å². The molecule has 2 amide bonds. The van der Waals surface area contributed by atoms with Gasteiger partial charge in [0.1, 0.15) is 17.4 Å². The molecule has 0 fully saturated rings. The zero-order chi connectivity index (χ0) is 25.5. The molecule has 0 aromatic heterocycles. The Bertz CT molecular complexity index is 1140. The van der Waals surface area contributed by atoms with Crippen molar-refractivity contribution in [1.29, 1.82) is 0 Å². The van der Waals surface area contributed by atoms with Crippen molar-refractivity contribution in [3.8, 4) is 5.75 Å². The van der Waals surface area contributed by atoms with Crippen LogP contribution in [0.5, 0.6) is 5.75 Å². The molecular formula is C23H29F2N3O5S. The highest BCUT2D eigenvalue weighted by Crippen LogP contribution is 2.30. The van der Waals surface area contributed by atoms with Crippen molar-refractivity contribution in [2.75, 3.05) is 25.0 Å². The SMILES string of the molecule is CCN(CC)S(=O)(=O)c1ccc(OC(C)C)c(NC(=O)CCNC(=O)c2ccc(F)cc2F)c1. The highest BCUT2D eigenvalue weighted by atomic mass is 32.2. The van der Waals surface area contributed by atoms with Gasteiger partial charge in [0.05, 0.1) is 22.3 Å². The molecule has 0 aliphatic rings. The largest absolute Gasteiger partial charge is 0.489 e. The van der Waals surface area contributed by atoms with Crippen LogP contribution in [0.2, 0.25) is 0 Å². The first-order valence-corrected chi connectivity index (χ1v) is 12.3. The molecular weight excluding hydrogens is 468 g/mol. The third-order valence-corrected chi connectivity index (χ3v) is 6.79.